The average molecular weight is 473 g/mol. The van der Waals surface area contributed by atoms with Crippen LogP contribution in [0.3, 0.4) is 0 Å². The second-order valence-corrected chi connectivity index (χ2v) is 6.68. The van der Waals surface area contributed by atoms with E-state index in [0.717, 1.165) is 26.2 Å². The highest BCUT2D eigenvalue weighted by Gasteiger charge is 2.38. The minimum atomic E-state index is -5.08. The molecule has 0 spiro atoms. The van der Waals surface area contributed by atoms with E-state index in [4.69, 9.17) is 15.0 Å². The molecule has 1 aliphatic heterocycles. The van der Waals surface area contributed by atoms with Crippen molar-refractivity contribution in [2.75, 3.05) is 42.9 Å². The van der Waals surface area contributed by atoms with E-state index in [1.165, 1.54) is 4.57 Å². The van der Waals surface area contributed by atoms with E-state index in [1.54, 1.807) is 18.5 Å². The van der Waals surface area contributed by atoms with Gasteiger partial charge in [0, 0.05) is 33.2 Å². The molecule has 1 saturated heterocycles. The molecule has 0 aromatic carbocycles. The van der Waals surface area contributed by atoms with E-state index >= 15 is 0 Å². The molecule has 33 heavy (non-hydrogen) atoms. The molecule has 0 unspecified atom stereocenters. The van der Waals surface area contributed by atoms with Crippen molar-refractivity contribution in [2.45, 2.75) is 19.6 Å². The standard InChI is InChI=1S/C16H21N7O3.C2HF3O2/c1-3-4-7-23-12-13(20-16(23)22-8-5-17-6-9-22)19-15(18-10-11(24)25)21(2)14(12)26;3-2(4,5)1(6)7/h17H,5-10H2,1-2H3,(H,18,19)(H,24,25);(H,6,7). The van der Waals surface area contributed by atoms with E-state index in [1.807, 2.05) is 0 Å². The van der Waals surface area contributed by atoms with Crippen LogP contribution in [-0.4, -0.2) is 80.2 Å². The van der Waals surface area contributed by atoms with Crippen molar-refractivity contribution >= 4 is 35.0 Å². The van der Waals surface area contributed by atoms with Crippen molar-refractivity contribution in [3.05, 3.63) is 10.4 Å². The van der Waals surface area contributed by atoms with Gasteiger partial charge in [-0.1, -0.05) is 5.92 Å². The molecule has 2 aromatic rings. The van der Waals surface area contributed by atoms with Crippen LogP contribution in [0.1, 0.15) is 6.92 Å². The number of carbonyl (C=O) groups is 2. The molecule has 15 heteroatoms. The summed E-state index contributed by atoms with van der Waals surface area (Å²) in [5, 5.41) is 21.9. The van der Waals surface area contributed by atoms with Crippen molar-refractivity contribution in [1.29, 1.82) is 0 Å². The van der Waals surface area contributed by atoms with Gasteiger partial charge >= 0.3 is 18.1 Å². The highest BCUT2D eigenvalue weighted by molar-refractivity contribution is 5.77. The first-order valence-corrected chi connectivity index (χ1v) is 9.55. The molecule has 4 N–H and O–H groups in total. The number of imidazole rings is 1. The first-order valence-electron chi connectivity index (χ1n) is 9.55. The van der Waals surface area contributed by atoms with Crippen molar-refractivity contribution in [2.24, 2.45) is 7.05 Å². The Labute approximate surface area is 185 Å². The van der Waals surface area contributed by atoms with Crippen LogP contribution < -0.4 is 21.1 Å². The number of alkyl halides is 3. The lowest BCUT2D eigenvalue weighted by Gasteiger charge is -2.28. The van der Waals surface area contributed by atoms with Gasteiger partial charge in [-0.25, -0.2) is 4.79 Å². The van der Waals surface area contributed by atoms with Gasteiger partial charge in [0.15, 0.2) is 11.2 Å². The molecule has 180 valence electrons. The lowest BCUT2D eigenvalue weighted by atomic mass is 10.4. The molecule has 2 aromatic heterocycles. The summed E-state index contributed by atoms with van der Waals surface area (Å²) in [6, 6.07) is 0. The van der Waals surface area contributed by atoms with E-state index in [0.29, 0.717) is 18.0 Å². The van der Waals surface area contributed by atoms with Crippen molar-refractivity contribution in [3.8, 4) is 11.8 Å². The summed E-state index contributed by atoms with van der Waals surface area (Å²) in [6.07, 6.45) is -5.08. The monoisotopic (exact) mass is 473 g/mol. The van der Waals surface area contributed by atoms with Gasteiger partial charge in [-0.3, -0.25) is 18.7 Å². The zero-order chi connectivity index (χ0) is 24.8. The Balaban J connectivity index is 0.000000479. The summed E-state index contributed by atoms with van der Waals surface area (Å²) in [6.45, 7) is 4.96. The maximum Gasteiger partial charge on any atom is 0.490 e. The number of rotatable bonds is 5. The Hall–Kier alpha value is -3.80. The number of carboxylic acids is 2. The first kappa shape index (κ1) is 25.5. The Morgan fingerprint density at radius 3 is 2.33 bits per heavy atom. The molecule has 0 radical (unpaired) electrons. The topological polar surface area (TPSA) is 155 Å². The van der Waals surface area contributed by atoms with Gasteiger partial charge in [-0.05, 0) is 6.92 Å². The Kier molecular flexibility index (Phi) is 8.24. The quantitative estimate of drug-likeness (QED) is 0.425. The second kappa shape index (κ2) is 10.7. The maximum atomic E-state index is 12.9. The number of halogens is 3. The minimum Gasteiger partial charge on any atom is -0.480 e. The van der Waals surface area contributed by atoms with E-state index in [-0.39, 0.29) is 23.7 Å². The number of fused-ring (bicyclic) bond motifs is 1. The smallest absolute Gasteiger partial charge is 0.480 e. The van der Waals surface area contributed by atoms with Crippen molar-refractivity contribution < 1.29 is 33.0 Å². The van der Waals surface area contributed by atoms with Crippen molar-refractivity contribution in [1.82, 2.24) is 24.4 Å². The van der Waals surface area contributed by atoms with Crippen LogP contribution in [0.5, 0.6) is 0 Å². The van der Waals surface area contributed by atoms with Gasteiger partial charge in [0.05, 0.1) is 6.54 Å². The van der Waals surface area contributed by atoms with E-state index in [2.05, 4.69) is 37.3 Å². The third-order valence-corrected chi connectivity index (χ3v) is 4.42. The van der Waals surface area contributed by atoms with Crippen molar-refractivity contribution in [3.63, 3.8) is 0 Å². The highest BCUT2D eigenvalue weighted by atomic mass is 19.4. The van der Waals surface area contributed by atoms with E-state index < -0.39 is 18.1 Å². The number of hydrogen-bond donors (Lipinski definition) is 4. The Bertz CT molecular complexity index is 1140. The fourth-order valence-electron chi connectivity index (χ4n) is 2.88. The molecule has 0 aliphatic carbocycles. The third-order valence-electron chi connectivity index (χ3n) is 4.42. The number of nitrogens with one attached hydrogen (secondary N) is 2. The normalized spacial score (nSPS) is 13.5. The summed E-state index contributed by atoms with van der Waals surface area (Å²) >= 11 is 0. The van der Waals surface area contributed by atoms with Crippen LogP contribution >= 0.6 is 0 Å². The molecular weight excluding hydrogens is 451 g/mol. The van der Waals surface area contributed by atoms with Gasteiger partial charge in [-0.2, -0.15) is 23.1 Å². The number of nitrogens with zero attached hydrogens (tertiary/aromatic N) is 5. The van der Waals surface area contributed by atoms with Crippen LogP contribution in [0.15, 0.2) is 4.79 Å². The fourth-order valence-corrected chi connectivity index (χ4v) is 2.88. The molecule has 1 fully saturated rings. The predicted molar refractivity (Wildman–Crippen MR) is 111 cm³/mol. The average Bonchev–Trinajstić information content (AvgIpc) is 3.12. The SMILES string of the molecule is CC#CCn1c(N2CCNCC2)nc2nc(NCC(=O)O)n(C)c(=O)c21.O=C(O)C(F)(F)F. The predicted octanol–water partition coefficient (Wildman–Crippen LogP) is -0.307. The summed E-state index contributed by atoms with van der Waals surface area (Å²) < 4.78 is 34.8. The minimum absolute atomic E-state index is 0.169. The number of anilines is 2. The zero-order valence-corrected chi connectivity index (χ0v) is 17.7. The Morgan fingerprint density at radius 1 is 1.21 bits per heavy atom. The summed E-state index contributed by atoms with van der Waals surface area (Å²) in [5.41, 5.74) is 0.353. The second-order valence-electron chi connectivity index (χ2n) is 6.68. The first-order chi connectivity index (χ1) is 15.5. The van der Waals surface area contributed by atoms with Gasteiger partial charge in [0.1, 0.15) is 6.54 Å². The van der Waals surface area contributed by atoms with Gasteiger partial charge < -0.3 is 25.7 Å². The van der Waals surface area contributed by atoms with Gasteiger partial charge in [0.2, 0.25) is 11.9 Å². The highest BCUT2D eigenvalue weighted by Crippen LogP contribution is 2.20. The van der Waals surface area contributed by atoms with E-state index in [9.17, 15) is 22.8 Å². The molecule has 3 rings (SSSR count). The number of aliphatic carboxylic acids is 2. The van der Waals surface area contributed by atoms with Gasteiger partial charge in [-0.15, -0.1) is 5.92 Å². The van der Waals surface area contributed by atoms with Crippen LogP contribution in [0.25, 0.3) is 11.2 Å². The number of hydrogen-bond acceptors (Lipinski definition) is 8. The number of aromatic nitrogens is 4. The van der Waals surface area contributed by atoms with Crippen LogP contribution in [0, 0.1) is 11.8 Å². The summed E-state index contributed by atoms with van der Waals surface area (Å²) in [5.74, 6) is 2.86. The lowest BCUT2D eigenvalue weighted by Crippen LogP contribution is -2.44. The molecular formula is C18H22F3N7O5. The zero-order valence-electron chi connectivity index (χ0n) is 17.7. The van der Waals surface area contributed by atoms with Gasteiger partial charge in [0.25, 0.3) is 5.56 Å². The fraction of sp³-hybridized carbons (Fsp3) is 0.500. The summed E-state index contributed by atoms with van der Waals surface area (Å²) in [4.78, 5) is 43.6. The van der Waals surface area contributed by atoms with Crippen LogP contribution in [0.2, 0.25) is 0 Å². The maximum absolute atomic E-state index is 12.9. The Morgan fingerprint density at radius 2 is 1.82 bits per heavy atom. The molecule has 0 amide bonds. The number of carboxylic acid groups (broad SMARTS) is 2. The van der Waals surface area contributed by atoms with Crippen LogP contribution in [-0.2, 0) is 23.2 Å². The molecule has 0 atom stereocenters. The van der Waals surface area contributed by atoms with Crippen LogP contribution in [0.4, 0.5) is 25.1 Å². The molecule has 0 saturated carbocycles. The largest absolute Gasteiger partial charge is 0.490 e. The molecule has 12 nitrogen and oxygen atoms in total. The third kappa shape index (κ3) is 6.35. The lowest BCUT2D eigenvalue weighted by molar-refractivity contribution is -0.192. The summed E-state index contributed by atoms with van der Waals surface area (Å²) in [7, 11) is 1.55. The molecule has 1 aliphatic rings. The molecule has 0 bridgehead atoms. The number of piperazine rings is 1. The molecule has 3 heterocycles.